The largest absolute Gasteiger partial charge is 0.379 e. The Labute approximate surface area is 116 Å². The molecule has 0 saturated carbocycles. The highest BCUT2D eigenvalue weighted by Crippen LogP contribution is 2.31. The molecule has 1 atom stereocenters. The molecule has 0 bridgehead atoms. The molecule has 1 N–H and O–H groups in total. The van der Waals surface area contributed by atoms with Gasteiger partial charge in [-0.1, -0.05) is 0 Å². The first-order valence-corrected chi connectivity index (χ1v) is 6.64. The van der Waals surface area contributed by atoms with Crippen LogP contribution in [0.4, 0.5) is 18.9 Å². The van der Waals surface area contributed by atoms with Gasteiger partial charge in [0.15, 0.2) is 0 Å². The van der Waals surface area contributed by atoms with Gasteiger partial charge in [0, 0.05) is 25.7 Å². The molecular formula is C14H19F3N2O. The van der Waals surface area contributed by atoms with Crippen LogP contribution in [-0.4, -0.2) is 37.4 Å². The van der Waals surface area contributed by atoms with E-state index in [1.807, 2.05) is 6.92 Å². The van der Waals surface area contributed by atoms with Crippen molar-refractivity contribution in [1.29, 1.82) is 0 Å². The molecule has 1 aromatic rings. The third-order valence-corrected chi connectivity index (χ3v) is 3.41. The predicted octanol–water partition coefficient (Wildman–Crippen LogP) is 3.03. The van der Waals surface area contributed by atoms with E-state index < -0.39 is 17.3 Å². The first-order chi connectivity index (χ1) is 9.38. The molecule has 20 heavy (non-hydrogen) atoms. The zero-order valence-corrected chi connectivity index (χ0v) is 11.6. The van der Waals surface area contributed by atoms with Crippen LogP contribution in [0.2, 0.25) is 0 Å². The van der Waals surface area contributed by atoms with Gasteiger partial charge in [-0.25, -0.2) is 13.2 Å². The number of hydrogen-bond acceptors (Lipinski definition) is 3. The number of halogens is 3. The molecule has 1 aliphatic rings. The molecular weight excluding hydrogens is 269 g/mol. The van der Waals surface area contributed by atoms with Gasteiger partial charge in [0.1, 0.15) is 5.82 Å². The molecule has 0 radical (unpaired) electrons. The molecule has 1 saturated heterocycles. The summed E-state index contributed by atoms with van der Waals surface area (Å²) >= 11 is 0. The van der Waals surface area contributed by atoms with Gasteiger partial charge in [0.05, 0.1) is 24.9 Å². The number of rotatable bonds is 4. The summed E-state index contributed by atoms with van der Waals surface area (Å²) in [6.45, 7) is 5.53. The molecule has 0 spiro atoms. The summed E-state index contributed by atoms with van der Waals surface area (Å²) < 4.78 is 45.3. The van der Waals surface area contributed by atoms with E-state index in [4.69, 9.17) is 4.74 Å². The Morgan fingerprint density at radius 2 is 1.95 bits per heavy atom. The number of nitrogens with one attached hydrogen (secondary N) is 1. The SMILES string of the molecule is C[C@H](Nc1ccc(F)c(C(C)(F)F)c1)N1CCOCC1. The minimum absolute atomic E-state index is 0.0253. The van der Waals surface area contributed by atoms with Crippen LogP contribution in [0.3, 0.4) is 0 Å². The van der Waals surface area contributed by atoms with Gasteiger partial charge in [-0.3, -0.25) is 4.90 Å². The number of benzene rings is 1. The molecule has 0 unspecified atom stereocenters. The van der Waals surface area contributed by atoms with E-state index in [-0.39, 0.29) is 6.17 Å². The van der Waals surface area contributed by atoms with Crippen molar-refractivity contribution < 1.29 is 17.9 Å². The molecule has 6 heteroatoms. The Morgan fingerprint density at radius 1 is 1.30 bits per heavy atom. The summed E-state index contributed by atoms with van der Waals surface area (Å²) in [5.41, 5.74) is -0.0985. The first-order valence-electron chi connectivity index (χ1n) is 6.64. The Kier molecular flexibility index (Phi) is 4.55. The molecule has 1 heterocycles. The molecule has 112 valence electrons. The van der Waals surface area contributed by atoms with Crippen molar-refractivity contribution in [3.05, 3.63) is 29.6 Å². The summed E-state index contributed by atoms with van der Waals surface area (Å²) in [5, 5.41) is 3.12. The van der Waals surface area contributed by atoms with Crippen LogP contribution in [0.25, 0.3) is 0 Å². The lowest BCUT2D eigenvalue weighted by molar-refractivity contribution is 0.0137. The quantitative estimate of drug-likeness (QED) is 0.921. The van der Waals surface area contributed by atoms with Gasteiger partial charge in [0.25, 0.3) is 5.92 Å². The maximum absolute atomic E-state index is 13.4. The zero-order valence-electron chi connectivity index (χ0n) is 11.6. The van der Waals surface area contributed by atoms with Crippen molar-refractivity contribution in [3.63, 3.8) is 0 Å². The highest BCUT2D eigenvalue weighted by Gasteiger charge is 2.28. The Balaban J connectivity index is 2.09. The Bertz CT molecular complexity index is 456. The second kappa shape index (κ2) is 6.01. The predicted molar refractivity (Wildman–Crippen MR) is 71.4 cm³/mol. The van der Waals surface area contributed by atoms with E-state index in [0.29, 0.717) is 25.8 Å². The summed E-state index contributed by atoms with van der Waals surface area (Å²) in [6, 6.07) is 3.72. The number of anilines is 1. The number of hydrogen-bond donors (Lipinski definition) is 1. The molecule has 0 aromatic heterocycles. The minimum atomic E-state index is -3.19. The average Bonchev–Trinajstić information content (AvgIpc) is 2.40. The number of morpholine rings is 1. The fourth-order valence-electron chi connectivity index (χ4n) is 2.25. The summed E-state index contributed by atoms with van der Waals surface area (Å²) in [7, 11) is 0. The van der Waals surface area contributed by atoms with Crippen molar-refractivity contribution in [2.24, 2.45) is 0 Å². The molecule has 1 aromatic carbocycles. The van der Waals surface area contributed by atoms with Gasteiger partial charge in [-0.15, -0.1) is 0 Å². The third-order valence-electron chi connectivity index (χ3n) is 3.41. The highest BCUT2D eigenvalue weighted by molar-refractivity contribution is 5.47. The fourth-order valence-corrected chi connectivity index (χ4v) is 2.25. The van der Waals surface area contributed by atoms with Crippen molar-refractivity contribution >= 4 is 5.69 Å². The minimum Gasteiger partial charge on any atom is -0.379 e. The maximum Gasteiger partial charge on any atom is 0.273 e. The zero-order chi connectivity index (χ0) is 14.8. The first kappa shape index (κ1) is 15.1. The second-order valence-corrected chi connectivity index (χ2v) is 5.05. The average molecular weight is 288 g/mol. The van der Waals surface area contributed by atoms with Gasteiger partial charge < -0.3 is 10.1 Å². The maximum atomic E-state index is 13.4. The van der Waals surface area contributed by atoms with Crippen LogP contribution in [0.1, 0.15) is 19.4 Å². The van der Waals surface area contributed by atoms with Crippen molar-refractivity contribution in [3.8, 4) is 0 Å². The van der Waals surface area contributed by atoms with E-state index in [1.54, 1.807) is 0 Å². The Morgan fingerprint density at radius 3 is 2.55 bits per heavy atom. The molecule has 0 amide bonds. The van der Waals surface area contributed by atoms with Crippen LogP contribution in [-0.2, 0) is 10.7 Å². The number of ether oxygens (including phenoxy) is 1. The van der Waals surface area contributed by atoms with E-state index in [9.17, 15) is 13.2 Å². The fraction of sp³-hybridized carbons (Fsp3) is 0.571. The monoisotopic (exact) mass is 288 g/mol. The van der Waals surface area contributed by atoms with Gasteiger partial charge in [-0.05, 0) is 25.1 Å². The van der Waals surface area contributed by atoms with Crippen molar-refractivity contribution in [2.45, 2.75) is 25.9 Å². The van der Waals surface area contributed by atoms with Crippen LogP contribution in [0, 0.1) is 5.82 Å². The van der Waals surface area contributed by atoms with Gasteiger partial charge >= 0.3 is 0 Å². The van der Waals surface area contributed by atoms with Crippen molar-refractivity contribution in [2.75, 3.05) is 31.6 Å². The lowest BCUT2D eigenvalue weighted by Gasteiger charge is -2.33. The van der Waals surface area contributed by atoms with Crippen LogP contribution < -0.4 is 5.32 Å². The van der Waals surface area contributed by atoms with Gasteiger partial charge in [-0.2, -0.15) is 0 Å². The Hall–Kier alpha value is -1.27. The van der Waals surface area contributed by atoms with Gasteiger partial charge in [0.2, 0.25) is 0 Å². The van der Waals surface area contributed by atoms with E-state index in [0.717, 1.165) is 19.2 Å². The lowest BCUT2D eigenvalue weighted by Crippen LogP contribution is -2.45. The standard InChI is InChI=1S/C14H19F3N2O/c1-10(19-5-7-20-8-6-19)18-11-3-4-13(15)12(9-11)14(2,16)17/h3-4,9-10,18H,5-8H2,1-2H3/t10-/m1/s1. The molecule has 2 rings (SSSR count). The lowest BCUT2D eigenvalue weighted by atomic mass is 10.1. The smallest absolute Gasteiger partial charge is 0.273 e. The van der Waals surface area contributed by atoms with E-state index in [2.05, 4.69) is 10.2 Å². The number of nitrogens with zero attached hydrogens (tertiary/aromatic N) is 1. The molecule has 3 nitrogen and oxygen atoms in total. The highest BCUT2D eigenvalue weighted by atomic mass is 19.3. The normalized spacial score (nSPS) is 18.9. The number of alkyl halides is 2. The molecule has 1 fully saturated rings. The van der Waals surface area contributed by atoms with Crippen LogP contribution in [0.15, 0.2) is 18.2 Å². The summed E-state index contributed by atoms with van der Waals surface area (Å²) in [4.78, 5) is 2.15. The molecule has 0 aliphatic carbocycles. The van der Waals surface area contributed by atoms with Crippen LogP contribution in [0.5, 0.6) is 0 Å². The second-order valence-electron chi connectivity index (χ2n) is 5.05. The van der Waals surface area contributed by atoms with E-state index in [1.165, 1.54) is 12.1 Å². The topological polar surface area (TPSA) is 24.5 Å². The molecule has 1 aliphatic heterocycles. The van der Waals surface area contributed by atoms with Crippen LogP contribution >= 0.6 is 0 Å². The summed E-state index contributed by atoms with van der Waals surface area (Å²) in [5.74, 6) is -4.08. The van der Waals surface area contributed by atoms with Crippen molar-refractivity contribution in [1.82, 2.24) is 4.90 Å². The van der Waals surface area contributed by atoms with E-state index >= 15 is 0 Å². The summed E-state index contributed by atoms with van der Waals surface area (Å²) in [6.07, 6.45) is -0.0253. The third kappa shape index (κ3) is 3.64.